The predicted molar refractivity (Wildman–Crippen MR) is 36.8 cm³/mol. The number of halogens is 6. The molecular formula is C7H6F6O2. The van der Waals surface area contributed by atoms with E-state index < -0.39 is 30.5 Å². The summed E-state index contributed by atoms with van der Waals surface area (Å²) in [6.07, 6.45) is -11.4. The Morgan fingerprint density at radius 2 is 1.73 bits per heavy atom. The highest BCUT2D eigenvalue weighted by Crippen LogP contribution is 2.19. The van der Waals surface area contributed by atoms with E-state index in [0.29, 0.717) is 0 Å². The van der Waals surface area contributed by atoms with Gasteiger partial charge in [0.05, 0.1) is 0 Å². The molecule has 0 radical (unpaired) electrons. The molecule has 1 unspecified atom stereocenters. The SMILES string of the molecule is CC(=CC(F)C(F)F)C(=O)OC(F)(F)F. The van der Waals surface area contributed by atoms with E-state index in [2.05, 4.69) is 4.74 Å². The smallest absolute Gasteiger partial charge is 0.369 e. The highest BCUT2D eigenvalue weighted by atomic mass is 19.4. The number of carbonyl (C=O) groups is 1. The molecule has 0 fully saturated rings. The van der Waals surface area contributed by atoms with E-state index in [1.54, 1.807) is 0 Å². The van der Waals surface area contributed by atoms with Crippen molar-refractivity contribution < 1.29 is 35.9 Å². The maximum Gasteiger partial charge on any atom is 0.575 e. The molecule has 0 aliphatic heterocycles. The zero-order valence-electron chi connectivity index (χ0n) is 7.32. The number of rotatable bonds is 3. The molecule has 0 saturated heterocycles. The molecule has 0 bridgehead atoms. The van der Waals surface area contributed by atoms with Gasteiger partial charge >= 0.3 is 12.3 Å². The van der Waals surface area contributed by atoms with Crippen LogP contribution in [0.5, 0.6) is 0 Å². The molecule has 0 amide bonds. The fraction of sp³-hybridized carbons (Fsp3) is 0.571. The molecule has 8 heteroatoms. The summed E-state index contributed by atoms with van der Waals surface area (Å²) < 4.78 is 72.7. The summed E-state index contributed by atoms with van der Waals surface area (Å²) in [5.74, 6) is -1.91. The first-order chi connectivity index (χ1) is 6.63. The van der Waals surface area contributed by atoms with Crippen LogP contribution in [0.25, 0.3) is 0 Å². The van der Waals surface area contributed by atoms with Crippen molar-refractivity contribution in [2.24, 2.45) is 0 Å². The summed E-state index contributed by atoms with van der Waals surface area (Å²) in [5, 5.41) is 0. The highest BCUT2D eigenvalue weighted by molar-refractivity contribution is 5.87. The van der Waals surface area contributed by atoms with E-state index >= 15 is 0 Å². The number of ether oxygens (including phenoxy) is 1. The van der Waals surface area contributed by atoms with Gasteiger partial charge in [0.2, 0.25) is 0 Å². The zero-order chi connectivity index (χ0) is 12.2. The standard InChI is InChI=1S/C7H6F6O2/c1-3(2-4(8)5(9)10)6(14)15-7(11,12)13/h2,4-5H,1H3. The number of alkyl halides is 6. The quantitative estimate of drug-likeness (QED) is 0.427. The minimum absolute atomic E-state index is 0.0682. The lowest BCUT2D eigenvalue weighted by Gasteiger charge is -2.08. The van der Waals surface area contributed by atoms with E-state index in [1.165, 1.54) is 0 Å². The third-order valence-corrected chi connectivity index (χ3v) is 1.18. The van der Waals surface area contributed by atoms with Gasteiger partial charge in [0.25, 0.3) is 6.43 Å². The second-order valence-electron chi connectivity index (χ2n) is 2.46. The van der Waals surface area contributed by atoms with Crippen molar-refractivity contribution in [1.29, 1.82) is 0 Å². The summed E-state index contributed by atoms with van der Waals surface area (Å²) in [6.45, 7) is 0.739. The van der Waals surface area contributed by atoms with E-state index in [-0.39, 0.29) is 6.08 Å². The topological polar surface area (TPSA) is 26.3 Å². The number of carbonyl (C=O) groups excluding carboxylic acids is 1. The average molecular weight is 236 g/mol. The Kier molecular flexibility index (Phi) is 4.63. The second kappa shape index (κ2) is 5.04. The molecule has 0 aromatic heterocycles. The zero-order valence-corrected chi connectivity index (χ0v) is 7.32. The Morgan fingerprint density at radius 1 is 1.27 bits per heavy atom. The third-order valence-electron chi connectivity index (χ3n) is 1.18. The lowest BCUT2D eigenvalue weighted by Crippen LogP contribution is -2.21. The van der Waals surface area contributed by atoms with Gasteiger partial charge < -0.3 is 4.74 Å². The minimum atomic E-state index is -5.22. The maximum atomic E-state index is 12.3. The van der Waals surface area contributed by atoms with Crippen LogP contribution in [0, 0.1) is 0 Å². The van der Waals surface area contributed by atoms with Gasteiger partial charge in [-0.3, -0.25) is 0 Å². The number of allylic oxidation sites excluding steroid dienone is 1. The van der Waals surface area contributed by atoms with Crippen LogP contribution >= 0.6 is 0 Å². The molecule has 0 spiro atoms. The van der Waals surface area contributed by atoms with Crippen molar-refractivity contribution in [1.82, 2.24) is 0 Å². The van der Waals surface area contributed by atoms with E-state index in [9.17, 15) is 31.1 Å². The lowest BCUT2D eigenvalue weighted by molar-refractivity contribution is -0.303. The van der Waals surface area contributed by atoms with Crippen molar-refractivity contribution >= 4 is 5.97 Å². The first kappa shape index (κ1) is 13.8. The van der Waals surface area contributed by atoms with Gasteiger partial charge in [0.15, 0.2) is 6.17 Å². The van der Waals surface area contributed by atoms with Crippen LogP contribution in [0.15, 0.2) is 11.6 Å². The summed E-state index contributed by atoms with van der Waals surface area (Å²) >= 11 is 0. The van der Waals surface area contributed by atoms with Crippen molar-refractivity contribution in [3.8, 4) is 0 Å². The molecular weight excluding hydrogens is 230 g/mol. The second-order valence-corrected chi connectivity index (χ2v) is 2.46. The van der Waals surface area contributed by atoms with Gasteiger partial charge in [0.1, 0.15) is 0 Å². The first-order valence-electron chi connectivity index (χ1n) is 3.54. The Morgan fingerprint density at radius 3 is 2.07 bits per heavy atom. The van der Waals surface area contributed by atoms with E-state index in [4.69, 9.17) is 0 Å². The van der Waals surface area contributed by atoms with Gasteiger partial charge in [-0.2, -0.15) is 0 Å². The number of hydrogen-bond donors (Lipinski definition) is 0. The van der Waals surface area contributed by atoms with Gasteiger partial charge in [-0.25, -0.2) is 18.0 Å². The molecule has 2 nitrogen and oxygen atoms in total. The van der Waals surface area contributed by atoms with Crippen molar-refractivity contribution in [3.05, 3.63) is 11.6 Å². The first-order valence-corrected chi connectivity index (χ1v) is 3.54. The molecule has 0 aliphatic carbocycles. The molecule has 0 saturated carbocycles. The Balaban J connectivity index is 4.45. The average Bonchev–Trinajstić information content (AvgIpc) is 2.00. The van der Waals surface area contributed by atoms with Crippen LogP contribution in [0.2, 0.25) is 0 Å². The van der Waals surface area contributed by atoms with Gasteiger partial charge in [-0.05, 0) is 13.0 Å². The number of hydrogen-bond acceptors (Lipinski definition) is 2. The summed E-state index contributed by atoms with van der Waals surface area (Å²) in [7, 11) is 0. The largest absolute Gasteiger partial charge is 0.575 e. The van der Waals surface area contributed by atoms with Gasteiger partial charge in [-0.15, -0.1) is 13.2 Å². The molecule has 1 atom stereocenters. The van der Waals surface area contributed by atoms with Crippen LogP contribution in [-0.4, -0.2) is 24.9 Å². The normalized spacial score (nSPS) is 15.3. The molecule has 15 heavy (non-hydrogen) atoms. The monoisotopic (exact) mass is 236 g/mol. The lowest BCUT2D eigenvalue weighted by atomic mass is 10.2. The van der Waals surface area contributed by atoms with Crippen LogP contribution in [0.4, 0.5) is 26.3 Å². The van der Waals surface area contributed by atoms with E-state index in [0.717, 1.165) is 6.92 Å². The van der Waals surface area contributed by atoms with Crippen LogP contribution in [0.3, 0.4) is 0 Å². The fourth-order valence-electron chi connectivity index (χ4n) is 0.565. The summed E-state index contributed by atoms with van der Waals surface area (Å²) in [4.78, 5) is 10.5. The van der Waals surface area contributed by atoms with Crippen LogP contribution < -0.4 is 0 Å². The van der Waals surface area contributed by atoms with Crippen molar-refractivity contribution in [3.63, 3.8) is 0 Å². The molecule has 0 aliphatic rings. The van der Waals surface area contributed by atoms with E-state index in [1.807, 2.05) is 0 Å². The summed E-state index contributed by atoms with van der Waals surface area (Å²) in [5.41, 5.74) is -0.875. The summed E-state index contributed by atoms with van der Waals surface area (Å²) in [6, 6.07) is 0. The molecule has 0 aromatic rings. The van der Waals surface area contributed by atoms with Crippen LogP contribution in [-0.2, 0) is 9.53 Å². The maximum absolute atomic E-state index is 12.3. The Bertz CT molecular complexity index is 257. The molecule has 0 rings (SSSR count). The van der Waals surface area contributed by atoms with Crippen LogP contribution in [0.1, 0.15) is 6.92 Å². The number of esters is 1. The molecule has 0 heterocycles. The molecule has 0 aromatic carbocycles. The Hall–Kier alpha value is -1.21. The van der Waals surface area contributed by atoms with Crippen molar-refractivity contribution in [2.75, 3.05) is 0 Å². The predicted octanol–water partition coefficient (Wildman–Crippen LogP) is 2.60. The third kappa shape index (κ3) is 5.97. The fourth-order valence-corrected chi connectivity index (χ4v) is 0.565. The molecule has 88 valence electrons. The highest BCUT2D eigenvalue weighted by Gasteiger charge is 2.34. The van der Waals surface area contributed by atoms with Gasteiger partial charge in [-0.1, -0.05) is 0 Å². The molecule has 0 N–H and O–H groups in total. The van der Waals surface area contributed by atoms with Crippen molar-refractivity contribution in [2.45, 2.75) is 25.9 Å². The minimum Gasteiger partial charge on any atom is -0.369 e. The Labute approximate surface area is 80.5 Å². The van der Waals surface area contributed by atoms with Gasteiger partial charge in [0, 0.05) is 5.57 Å².